The molecular formula is C23H26N2O4. The van der Waals surface area contributed by atoms with E-state index in [9.17, 15) is 14.4 Å². The lowest BCUT2D eigenvalue weighted by atomic mass is 9.88. The molecule has 2 N–H and O–H groups in total. The van der Waals surface area contributed by atoms with Crippen LogP contribution in [0.1, 0.15) is 51.5 Å². The number of aryl methyl sites for hydroxylation is 3. The van der Waals surface area contributed by atoms with Crippen molar-refractivity contribution in [1.29, 1.82) is 0 Å². The van der Waals surface area contributed by atoms with Crippen LogP contribution in [0.15, 0.2) is 42.5 Å². The molecule has 0 aromatic heterocycles. The first-order valence-electron chi connectivity index (χ1n) is 9.81. The highest BCUT2D eigenvalue weighted by molar-refractivity contribution is 5.96. The van der Waals surface area contributed by atoms with Crippen molar-refractivity contribution in [3.63, 3.8) is 0 Å². The molecule has 3 rings (SSSR count). The van der Waals surface area contributed by atoms with Crippen molar-refractivity contribution in [2.24, 2.45) is 0 Å². The van der Waals surface area contributed by atoms with Crippen molar-refractivity contribution in [2.45, 2.75) is 39.2 Å². The second kappa shape index (κ2) is 9.37. The van der Waals surface area contributed by atoms with Gasteiger partial charge in [-0.25, -0.2) is 0 Å². The highest BCUT2D eigenvalue weighted by atomic mass is 16.5. The Balaban J connectivity index is 1.44. The van der Waals surface area contributed by atoms with Crippen molar-refractivity contribution in [1.82, 2.24) is 10.6 Å². The minimum Gasteiger partial charge on any atom is -0.454 e. The van der Waals surface area contributed by atoms with Crippen LogP contribution in [-0.2, 0) is 20.7 Å². The van der Waals surface area contributed by atoms with E-state index >= 15 is 0 Å². The van der Waals surface area contributed by atoms with Gasteiger partial charge in [-0.15, -0.1) is 0 Å². The minimum atomic E-state index is -0.651. The third-order valence-corrected chi connectivity index (χ3v) is 4.95. The number of rotatable bonds is 6. The molecule has 0 spiro atoms. The summed E-state index contributed by atoms with van der Waals surface area (Å²) in [4.78, 5) is 36.2. The fourth-order valence-electron chi connectivity index (χ4n) is 3.70. The van der Waals surface area contributed by atoms with Gasteiger partial charge in [0.1, 0.15) is 6.54 Å². The molecule has 2 aromatic rings. The Labute approximate surface area is 170 Å². The van der Waals surface area contributed by atoms with E-state index in [2.05, 4.69) is 16.7 Å². The maximum absolute atomic E-state index is 12.2. The van der Waals surface area contributed by atoms with Crippen LogP contribution < -0.4 is 10.6 Å². The van der Waals surface area contributed by atoms with Gasteiger partial charge < -0.3 is 15.4 Å². The highest BCUT2D eigenvalue weighted by Gasteiger charge is 2.21. The number of amides is 2. The number of nitrogens with one attached hydrogen (secondary N) is 2. The second-order valence-corrected chi connectivity index (χ2v) is 7.43. The Kier molecular flexibility index (Phi) is 6.65. The second-order valence-electron chi connectivity index (χ2n) is 7.43. The number of carbonyl (C=O) groups is 3. The first-order valence-corrected chi connectivity index (χ1v) is 9.81. The van der Waals surface area contributed by atoms with Gasteiger partial charge >= 0.3 is 5.97 Å². The van der Waals surface area contributed by atoms with Gasteiger partial charge in [-0.3, -0.25) is 14.4 Å². The quantitative estimate of drug-likeness (QED) is 0.738. The number of ether oxygens (including phenoxy) is 1. The molecule has 2 amide bonds. The van der Waals surface area contributed by atoms with Gasteiger partial charge in [0, 0.05) is 5.56 Å². The number of fused-ring (bicyclic) bond motifs is 1. The Morgan fingerprint density at radius 3 is 2.55 bits per heavy atom. The summed E-state index contributed by atoms with van der Waals surface area (Å²) < 4.78 is 5.00. The van der Waals surface area contributed by atoms with Crippen LogP contribution in [0, 0.1) is 13.8 Å². The molecule has 0 bridgehead atoms. The molecule has 0 saturated carbocycles. The van der Waals surface area contributed by atoms with Crippen LogP contribution in [0.2, 0.25) is 0 Å². The molecule has 1 atom stereocenters. The third kappa shape index (κ3) is 5.67. The summed E-state index contributed by atoms with van der Waals surface area (Å²) in [5.74, 6) is -1.35. The van der Waals surface area contributed by atoms with Gasteiger partial charge in [-0.05, 0) is 56.4 Å². The van der Waals surface area contributed by atoms with Crippen molar-refractivity contribution < 1.29 is 19.1 Å². The molecule has 0 fully saturated rings. The van der Waals surface area contributed by atoms with Gasteiger partial charge in [0.25, 0.3) is 11.8 Å². The van der Waals surface area contributed by atoms with Crippen LogP contribution >= 0.6 is 0 Å². The van der Waals surface area contributed by atoms with Crippen LogP contribution in [0.5, 0.6) is 0 Å². The topological polar surface area (TPSA) is 84.5 Å². The molecule has 0 unspecified atom stereocenters. The van der Waals surface area contributed by atoms with E-state index < -0.39 is 5.97 Å². The molecule has 1 aliphatic carbocycles. The summed E-state index contributed by atoms with van der Waals surface area (Å²) in [5.41, 5.74) is 4.80. The lowest BCUT2D eigenvalue weighted by Crippen LogP contribution is -2.36. The fourth-order valence-corrected chi connectivity index (χ4v) is 3.70. The summed E-state index contributed by atoms with van der Waals surface area (Å²) in [6.45, 7) is 3.16. The zero-order chi connectivity index (χ0) is 20.8. The Bertz CT molecular complexity index is 903. The third-order valence-electron chi connectivity index (χ3n) is 4.95. The van der Waals surface area contributed by atoms with E-state index in [1.807, 2.05) is 38.1 Å². The molecule has 2 aromatic carbocycles. The zero-order valence-electron chi connectivity index (χ0n) is 16.8. The summed E-state index contributed by atoms with van der Waals surface area (Å²) in [6.07, 6.45) is 2.88. The maximum Gasteiger partial charge on any atom is 0.325 e. The number of carbonyl (C=O) groups excluding carboxylic acids is 3. The van der Waals surface area contributed by atoms with E-state index in [0.29, 0.717) is 5.56 Å². The zero-order valence-corrected chi connectivity index (χ0v) is 16.8. The monoisotopic (exact) mass is 394 g/mol. The van der Waals surface area contributed by atoms with E-state index in [-0.39, 0.29) is 31.0 Å². The molecule has 6 nitrogen and oxygen atoms in total. The standard InChI is InChI=1S/C23H26N2O4/c1-15-10-16(2)12-18(11-15)23(28)24-13-22(27)29-14-21(26)25-20-9-5-7-17-6-3-4-8-19(17)20/h3-4,6,8,10-12,20H,5,7,9,13-14H2,1-2H3,(H,24,28)(H,25,26)/t20-/m1/s1. The summed E-state index contributed by atoms with van der Waals surface area (Å²) in [6, 6.07) is 13.5. The maximum atomic E-state index is 12.2. The molecule has 0 saturated heterocycles. The van der Waals surface area contributed by atoms with Crippen LogP contribution in [0.25, 0.3) is 0 Å². The first-order chi connectivity index (χ1) is 13.9. The molecule has 0 aliphatic heterocycles. The van der Waals surface area contributed by atoms with Crippen LogP contribution in [-0.4, -0.2) is 30.9 Å². The summed E-state index contributed by atoms with van der Waals surface area (Å²) >= 11 is 0. The lowest BCUT2D eigenvalue weighted by Gasteiger charge is -2.26. The molecule has 152 valence electrons. The van der Waals surface area contributed by atoms with E-state index in [0.717, 1.165) is 36.0 Å². The van der Waals surface area contributed by atoms with Gasteiger partial charge in [-0.2, -0.15) is 0 Å². The number of hydrogen-bond donors (Lipinski definition) is 2. The number of hydrogen-bond acceptors (Lipinski definition) is 4. The average Bonchev–Trinajstić information content (AvgIpc) is 2.70. The van der Waals surface area contributed by atoms with E-state index in [1.165, 1.54) is 5.56 Å². The van der Waals surface area contributed by atoms with Crippen LogP contribution in [0.4, 0.5) is 0 Å². The minimum absolute atomic E-state index is 0.0598. The van der Waals surface area contributed by atoms with E-state index in [4.69, 9.17) is 4.74 Å². The normalized spacial score (nSPS) is 15.2. The van der Waals surface area contributed by atoms with Gasteiger partial charge in [-0.1, -0.05) is 41.5 Å². The number of esters is 1. The average molecular weight is 394 g/mol. The van der Waals surface area contributed by atoms with Crippen molar-refractivity contribution in [3.8, 4) is 0 Å². The predicted octanol–water partition coefficient (Wildman–Crippen LogP) is 2.77. The van der Waals surface area contributed by atoms with Crippen molar-refractivity contribution >= 4 is 17.8 Å². The Morgan fingerprint density at radius 2 is 1.79 bits per heavy atom. The lowest BCUT2D eigenvalue weighted by molar-refractivity contribution is -0.147. The Hall–Kier alpha value is -3.15. The van der Waals surface area contributed by atoms with Crippen LogP contribution in [0.3, 0.4) is 0 Å². The van der Waals surface area contributed by atoms with E-state index in [1.54, 1.807) is 12.1 Å². The molecule has 1 aliphatic rings. The molecule has 6 heteroatoms. The van der Waals surface area contributed by atoms with Gasteiger partial charge in [0.2, 0.25) is 0 Å². The molecule has 0 radical (unpaired) electrons. The first kappa shape index (κ1) is 20.6. The summed E-state index contributed by atoms with van der Waals surface area (Å²) in [5, 5.41) is 5.46. The molecular weight excluding hydrogens is 368 g/mol. The smallest absolute Gasteiger partial charge is 0.325 e. The van der Waals surface area contributed by atoms with Crippen molar-refractivity contribution in [3.05, 3.63) is 70.3 Å². The highest BCUT2D eigenvalue weighted by Crippen LogP contribution is 2.29. The number of benzene rings is 2. The van der Waals surface area contributed by atoms with Gasteiger partial charge in [0.05, 0.1) is 6.04 Å². The predicted molar refractivity (Wildman–Crippen MR) is 109 cm³/mol. The SMILES string of the molecule is Cc1cc(C)cc(C(=O)NCC(=O)OCC(=O)N[C@@H]2CCCc3ccccc32)c1. The van der Waals surface area contributed by atoms with Gasteiger partial charge in [0.15, 0.2) is 6.61 Å². The van der Waals surface area contributed by atoms with Crippen molar-refractivity contribution in [2.75, 3.05) is 13.2 Å². The summed E-state index contributed by atoms with van der Waals surface area (Å²) in [7, 11) is 0. The molecule has 0 heterocycles. The largest absolute Gasteiger partial charge is 0.454 e. The Morgan fingerprint density at radius 1 is 1.07 bits per heavy atom. The fraction of sp³-hybridized carbons (Fsp3) is 0.348. The molecule has 29 heavy (non-hydrogen) atoms.